The number of carboxylic acid groups (broad SMARTS) is 1. The highest BCUT2D eigenvalue weighted by atomic mass is 16.5. The molecule has 0 amide bonds. The third-order valence-electron chi connectivity index (χ3n) is 1.69. The summed E-state index contributed by atoms with van der Waals surface area (Å²) in [6, 6.07) is 6.41. The van der Waals surface area contributed by atoms with Gasteiger partial charge in [-0.05, 0) is 23.6 Å². The molecule has 3 heteroatoms. The highest BCUT2D eigenvalue weighted by molar-refractivity contribution is 5.70. The minimum absolute atomic E-state index is 0.0443. The van der Waals surface area contributed by atoms with Gasteiger partial charge in [0.25, 0.3) is 0 Å². The van der Waals surface area contributed by atoms with E-state index in [0.29, 0.717) is 11.3 Å². The summed E-state index contributed by atoms with van der Waals surface area (Å²) in [5, 5.41) is 8.60. The van der Waals surface area contributed by atoms with Crippen LogP contribution in [0.25, 0.3) is 0 Å². The topological polar surface area (TPSA) is 46.5 Å². The van der Waals surface area contributed by atoms with Crippen molar-refractivity contribution in [2.45, 2.75) is 20.3 Å². The highest BCUT2D eigenvalue weighted by Gasteiger charge is 2.01. The summed E-state index contributed by atoms with van der Waals surface area (Å²) in [6.07, 6.45) is -0.0443. The summed E-state index contributed by atoms with van der Waals surface area (Å²) in [5.74, 6) is -0.754. The summed E-state index contributed by atoms with van der Waals surface area (Å²) >= 11 is 0. The molecule has 0 aromatic heterocycles. The van der Waals surface area contributed by atoms with E-state index in [1.807, 2.05) is 0 Å². The van der Waals surface area contributed by atoms with Crippen LogP contribution in [0.4, 0.5) is 0 Å². The maximum absolute atomic E-state index is 10.5. The Labute approximate surface area is 92.5 Å². The minimum Gasteiger partial charge on any atom is -0.493 e. The maximum Gasteiger partial charge on any atom is 0.307 e. The lowest BCUT2D eigenvalue weighted by Crippen LogP contribution is -2.04. The minimum atomic E-state index is -1.73. The fourth-order valence-corrected chi connectivity index (χ4v) is 1.04. The van der Waals surface area contributed by atoms with Gasteiger partial charge in [-0.2, -0.15) is 0 Å². The Balaban J connectivity index is 2.72. The molecule has 0 saturated heterocycles. The summed E-state index contributed by atoms with van der Waals surface area (Å²) in [7, 11) is 0. The Bertz CT molecular complexity index is 385. The Kier molecular flexibility index (Phi) is 3.15. The van der Waals surface area contributed by atoms with Gasteiger partial charge in [0.05, 0.1) is 15.7 Å². The highest BCUT2D eigenvalue weighted by Crippen LogP contribution is 2.13. The lowest BCUT2D eigenvalue weighted by atomic mass is 10.1. The molecule has 15 heavy (non-hydrogen) atoms. The Morgan fingerprint density at radius 2 is 2.07 bits per heavy atom. The number of hydrogen-bond acceptors (Lipinski definition) is 2. The molecule has 1 rings (SSSR count). The Morgan fingerprint density at radius 1 is 1.47 bits per heavy atom. The molecule has 82 valence electrons. The van der Waals surface area contributed by atoms with Crippen LogP contribution < -0.4 is 4.74 Å². The van der Waals surface area contributed by atoms with Crippen molar-refractivity contribution in [3.05, 3.63) is 29.8 Å². The monoisotopic (exact) mass is 210 g/mol. The molecular formula is C12H16O3. The molecule has 0 aliphatic rings. The second-order valence-electron chi connectivity index (χ2n) is 3.59. The normalized spacial score (nSPS) is 13.3. The maximum atomic E-state index is 10.5. The molecule has 0 spiro atoms. The smallest absolute Gasteiger partial charge is 0.307 e. The number of carbonyl (C=O) groups is 1. The van der Waals surface area contributed by atoms with Crippen molar-refractivity contribution in [3.8, 4) is 5.75 Å². The first kappa shape index (κ1) is 8.77. The molecule has 0 heterocycles. The van der Waals surface area contributed by atoms with Crippen molar-refractivity contribution in [1.82, 2.24) is 0 Å². The van der Waals surface area contributed by atoms with Crippen LogP contribution in [0.5, 0.6) is 5.75 Å². The quantitative estimate of drug-likeness (QED) is 0.811. The van der Waals surface area contributed by atoms with Crippen LogP contribution in [0, 0.1) is 5.92 Å². The number of benzene rings is 1. The van der Waals surface area contributed by atoms with E-state index in [4.69, 9.17) is 12.6 Å². The van der Waals surface area contributed by atoms with Crippen molar-refractivity contribution in [2.24, 2.45) is 5.92 Å². The molecule has 0 fully saturated rings. The van der Waals surface area contributed by atoms with Crippen LogP contribution in [-0.4, -0.2) is 17.6 Å². The lowest BCUT2D eigenvalue weighted by Gasteiger charge is -2.08. The standard InChI is InChI=1S/C12H16O3/c1-9(2)8-15-11-5-3-10(4-6-11)7-12(13)14/h3-6,9H,7-8H2,1-2H3,(H,13,14)/i8D2. The first-order valence-corrected chi connectivity index (χ1v) is 4.81. The van der Waals surface area contributed by atoms with Crippen LogP contribution in [0.15, 0.2) is 24.3 Å². The summed E-state index contributed by atoms with van der Waals surface area (Å²) < 4.78 is 20.5. The van der Waals surface area contributed by atoms with Gasteiger partial charge >= 0.3 is 5.97 Å². The van der Waals surface area contributed by atoms with Crippen LogP contribution >= 0.6 is 0 Å². The van der Waals surface area contributed by atoms with Gasteiger partial charge in [-0.15, -0.1) is 0 Å². The number of hydrogen-bond donors (Lipinski definition) is 1. The predicted octanol–water partition coefficient (Wildman–Crippen LogP) is 2.35. The van der Waals surface area contributed by atoms with Gasteiger partial charge in [0.1, 0.15) is 5.75 Å². The van der Waals surface area contributed by atoms with Gasteiger partial charge in [0, 0.05) is 0 Å². The summed E-state index contributed by atoms with van der Waals surface area (Å²) in [5.41, 5.74) is 0.662. The third-order valence-corrected chi connectivity index (χ3v) is 1.69. The molecule has 1 aromatic carbocycles. The van der Waals surface area contributed by atoms with Gasteiger partial charge in [0.15, 0.2) is 0 Å². The Hall–Kier alpha value is -1.51. The molecule has 1 N–H and O–H groups in total. The van der Waals surface area contributed by atoms with Crippen LogP contribution in [0.3, 0.4) is 0 Å². The molecule has 1 aromatic rings. The van der Waals surface area contributed by atoms with Crippen LogP contribution in [-0.2, 0) is 11.2 Å². The van der Waals surface area contributed by atoms with E-state index in [9.17, 15) is 4.79 Å². The fraction of sp³-hybridized carbons (Fsp3) is 0.417. The van der Waals surface area contributed by atoms with E-state index in [-0.39, 0.29) is 12.3 Å². The van der Waals surface area contributed by atoms with E-state index in [0.717, 1.165) is 0 Å². The van der Waals surface area contributed by atoms with Crippen molar-refractivity contribution in [1.29, 1.82) is 0 Å². The van der Waals surface area contributed by atoms with Crippen molar-refractivity contribution in [2.75, 3.05) is 6.56 Å². The van der Waals surface area contributed by atoms with Crippen LogP contribution in [0.2, 0.25) is 0 Å². The van der Waals surface area contributed by atoms with E-state index in [1.165, 1.54) is 0 Å². The molecule has 0 aliphatic carbocycles. The first-order chi connectivity index (χ1) is 7.81. The van der Waals surface area contributed by atoms with Crippen molar-refractivity contribution < 1.29 is 17.4 Å². The molecule has 0 bridgehead atoms. The second kappa shape index (κ2) is 5.39. The number of rotatable bonds is 5. The second-order valence-corrected chi connectivity index (χ2v) is 3.59. The van der Waals surface area contributed by atoms with Gasteiger partial charge in [-0.3, -0.25) is 4.79 Å². The molecule has 0 saturated carbocycles. The average Bonchev–Trinajstić information content (AvgIpc) is 2.19. The van der Waals surface area contributed by atoms with E-state index in [1.54, 1.807) is 38.1 Å². The molecule has 0 atom stereocenters. The number of ether oxygens (including phenoxy) is 1. The lowest BCUT2D eigenvalue weighted by molar-refractivity contribution is -0.136. The van der Waals surface area contributed by atoms with Crippen LogP contribution in [0.1, 0.15) is 22.2 Å². The van der Waals surface area contributed by atoms with E-state index >= 15 is 0 Å². The first-order valence-electron chi connectivity index (χ1n) is 5.81. The summed E-state index contributed by atoms with van der Waals surface area (Å²) in [4.78, 5) is 10.5. The molecule has 0 radical (unpaired) electrons. The predicted molar refractivity (Wildman–Crippen MR) is 58.1 cm³/mol. The third kappa shape index (κ3) is 4.49. The van der Waals surface area contributed by atoms with E-state index < -0.39 is 12.5 Å². The van der Waals surface area contributed by atoms with Gasteiger partial charge in [-0.1, -0.05) is 26.0 Å². The SMILES string of the molecule is [2H]C([2H])(Oc1ccc(CC(=O)O)cc1)C(C)C. The van der Waals surface area contributed by atoms with Gasteiger partial charge in [-0.25, -0.2) is 0 Å². The zero-order chi connectivity index (χ0) is 13.1. The molecule has 0 aliphatic heterocycles. The Morgan fingerprint density at radius 3 is 2.53 bits per heavy atom. The van der Waals surface area contributed by atoms with Gasteiger partial charge < -0.3 is 9.84 Å². The fourth-order valence-electron chi connectivity index (χ4n) is 1.04. The zero-order valence-corrected chi connectivity index (χ0v) is 8.86. The average molecular weight is 210 g/mol. The number of aliphatic carboxylic acids is 1. The molecular weight excluding hydrogens is 192 g/mol. The molecule has 0 unspecified atom stereocenters. The van der Waals surface area contributed by atoms with E-state index in [2.05, 4.69) is 0 Å². The number of carboxylic acids is 1. The zero-order valence-electron chi connectivity index (χ0n) is 10.9. The summed E-state index contributed by atoms with van der Waals surface area (Å²) in [6.45, 7) is 1.74. The van der Waals surface area contributed by atoms with Crippen molar-refractivity contribution in [3.63, 3.8) is 0 Å². The largest absolute Gasteiger partial charge is 0.493 e. The van der Waals surface area contributed by atoms with Crippen molar-refractivity contribution >= 4 is 5.97 Å². The molecule has 3 nitrogen and oxygen atoms in total. The van der Waals surface area contributed by atoms with Gasteiger partial charge in [0.2, 0.25) is 0 Å².